The Morgan fingerprint density at radius 3 is 3.04 bits per heavy atom. The van der Waals surface area contributed by atoms with Crippen LogP contribution in [0.25, 0.3) is 11.5 Å². The van der Waals surface area contributed by atoms with Crippen molar-refractivity contribution in [3.05, 3.63) is 41.5 Å². The molecule has 6 heteroatoms. The summed E-state index contributed by atoms with van der Waals surface area (Å²) in [5.74, 6) is 0.688. The van der Waals surface area contributed by atoms with Crippen LogP contribution in [-0.4, -0.2) is 35.0 Å². The highest BCUT2D eigenvalue weighted by Gasteiger charge is 2.27. The number of halogens is 1. The lowest BCUT2D eigenvalue weighted by Gasteiger charge is -2.34. The average molecular weight is 360 g/mol. The van der Waals surface area contributed by atoms with E-state index in [4.69, 9.17) is 9.15 Å². The van der Waals surface area contributed by atoms with Gasteiger partial charge in [0.05, 0.1) is 18.7 Å². The van der Waals surface area contributed by atoms with E-state index < -0.39 is 0 Å². The second-order valence-electron chi connectivity index (χ2n) is 6.66. The highest BCUT2D eigenvalue weighted by molar-refractivity contribution is 5.70. The summed E-state index contributed by atoms with van der Waals surface area (Å²) >= 11 is 0. The molecule has 0 bridgehead atoms. The van der Waals surface area contributed by atoms with Gasteiger partial charge in [0, 0.05) is 18.2 Å². The molecule has 1 saturated heterocycles. The maximum absolute atomic E-state index is 13.4. The monoisotopic (exact) mass is 360 g/mol. The minimum atomic E-state index is -0.314. The van der Waals surface area contributed by atoms with E-state index in [1.807, 2.05) is 13.8 Å². The normalized spacial score (nSPS) is 18.0. The van der Waals surface area contributed by atoms with Crippen molar-refractivity contribution >= 4 is 5.97 Å². The highest BCUT2D eigenvalue weighted by Crippen LogP contribution is 2.26. The smallest absolute Gasteiger partial charge is 0.307 e. The van der Waals surface area contributed by atoms with Crippen LogP contribution in [0.3, 0.4) is 0 Å². The number of oxazole rings is 1. The van der Waals surface area contributed by atoms with Crippen LogP contribution >= 0.6 is 0 Å². The minimum Gasteiger partial charge on any atom is -0.466 e. The van der Waals surface area contributed by atoms with Crippen LogP contribution in [0.15, 0.2) is 28.7 Å². The molecule has 26 heavy (non-hydrogen) atoms. The first-order chi connectivity index (χ1) is 12.6. The van der Waals surface area contributed by atoms with Crippen LogP contribution in [0.5, 0.6) is 0 Å². The molecule has 1 aliphatic heterocycles. The largest absolute Gasteiger partial charge is 0.466 e. The van der Waals surface area contributed by atoms with E-state index >= 15 is 0 Å². The van der Waals surface area contributed by atoms with Crippen molar-refractivity contribution < 1.29 is 18.3 Å². The number of hydrogen-bond donors (Lipinski definition) is 0. The molecule has 5 nitrogen and oxygen atoms in total. The molecule has 1 aromatic heterocycles. The molecule has 1 aliphatic rings. The molecule has 1 fully saturated rings. The zero-order valence-corrected chi connectivity index (χ0v) is 15.3. The topological polar surface area (TPSA) is 55.6 Å². The van der Waals surface area contributed by atoms with E-state index in [0.717, 1.165) is 37.3 Å². The lowest BCUT2D eigenvalue weighted by Crippen LogP contribution is -2.40. The number of likely N-dealkylation sites (tertiary alicyclic amines) is 1. The van der Waals surface area contributed by atoms with Crippen LogP contribution < -0.4 is 0 Å². The maximum atomic E-state index is 13.4. The highest BCUT2D eigenvalue weighted by atomic mass is 19.1. The van der Waals surface area contributed by atoms with Gasteiger partial charge in [0.2, 0.25) is 5.89 Å². The Labute approximate surface area is 153 Å². The predicted octanol–water partition coefficient (Wildman–Crippen LogP) is 4.10. The number of carbonyl (C=O) groups excluding carboxylic acids is 1. The van der Waals surface area contributed by atoms with Crippen LogP contribution in [0.2, 0.25) is 0 Å². The first-order valence-electron chi connectivity index (χ1n) is 9.18. The molecule has 1 atom stereocenters. The molecule has 0 aliphatic carbocycles. The number of rotatable bonds is 6. The standard InChI is InChI=1S/C20H25FN2O3/c1-3-25-19(24)12-17-9-4-5-10-23(17)13-18-14(2)26-20(22-18)15-7-6-8-16(21)11-15/h6-8,11,17H,3-5,9-10,12-13H2,1-2H3/t17-/m0/s1. The lowest BCUT2D eigenvalue weighted by molar-refractivity contribution is -0.145. The first-order valence-corrected chi connectivity index (χ1v) is 9.18. The number of nitrogens with zero attached hydrogens (tertiary/aromatic N) is 2. The second kappa shape index (κ2) is 8.45. The van der Waals surface area contributed by atoms with Gasteiger partial charge in [0.15, 0.2) is 0 Å². The van der Waals surface area contributed by atoms with Crippen molar-refractivity contribution in [3.8, 4) is 11.5 Å². The molecule has 3 rings (SSSR count). The van der Waals surface area contributed by atoms with Gasteiger partial charge in [0.1, 0.15) is 11.6 Å². The SMILES string of the molecule is CCOC(=O)C[C@@H]1CCCCN1Cc1nc(-c2cccc(F)c2)oc1C. The summed E-state index contributed by atoms with van der Waals surface area (Å²) in [7, 11) is 0. The summed E-state index contributed by atoms with van der Waals surface area (Å²) in [6.45, 7) is 5.64. The van der Waals surface area contributed by atoms with Gasteiger partial charge in [-0.3, -0.25) is 9.69 Å². The molecule has 140 valence electrons. The Balaban J connectivity index is 1.73. The fourth-order valence-corrected chi connectivity index (χ4v) is 3.42. The number of piperidine rings is 1. The molecule has 2 heterocycles. The molecule has 0 saturated carbocycles. The molecule has 2 aromatic rings. The Kier molecular flexibility index (Phi) is 6.04. The van der Waals surface area contributed by atoms with E-state index in [-0.39, 0.29) is 17.8 Å². The third-order valence-corrected chi connectivity index (χ3v) is 4.77. The zero-order valence-electron chi connectivity index (χ0n) is 15.3. The van der Waals surface area contributed by atoms with Crippen LogP contribution in [-0.2, 0) is 16.1 Å². The zero-order chi connectivity index (χ0) is 18.5. The van der Waals surface area contributed by atoms with E-state index in [1.54, 1.807) is 12.1 Å². The van der Waals surface area contributed by atoms with Gasteiger partial charge < -0.3 is 9.15 Å². The van der Waals surface area contributed by atoms with E-state index in [9.17, 15) is 9.18 Å². The first kappa shape index (κ1) is 18.6. The van der Waals surface area contributed by atoms with Gasteiger partial charge in [-0.15, -0.1) is 0 Å². The summed E-state index contributed by atoms with van der Waals surface area (Å²) in [4.78, 5) is 18.7. The van der Waals surface area contributed by atoms with Crippen molar-refractivity contribution in [2.45, 2.75) is 52.1 Å². The number of aryl methyl sites for hydroxylation is 1. The van der Waals surface area contributed by atoms with Crippen LogP contribution in [0.4, 0.5) is 4.39 Å². The Bertz CT molecular complexity index is 759. The quantitative estimate of drug-likeness (QED) is 0.726. The number of benzene rings is 1. The second-order valence-corrected chi connectivity index (χ2v) is 6.66. The van der Waals surface area contributed by atoms with Gasteiger partial charge in [-0.2, -0.15) is 0 Å². The number of ether oxygens (including phenoxy) is 1. The summed E-state index contributed by atoms with van der Waals surface area (Å²) in [6.07, 6.45) is 3.61. The Morgan fingerprint density at radius 2 is 2.27 bits per heavy atom. The summed E-state index contributed by atoms with van der Waals surface area (Å²) < 4.78 is 24.3. The number of esters is 1. The number of carbonyl (C=O) groups is 1. The van der Waals surface area contributed by atoms with Gasteiger partial charge in [-0.25, -0.2) is 9.37 Å². The van der Waals surface area contributed by atoms with Crippen molar-refractivity contribution in [1.82, 2.24) is 9.88 Å². The van der Waals surface area contributed by atoms with Gasteiger partial charge in [-0.05, 0) is 51.4 Å². The van der Waals surface area contributed by atoms with Gasteiger partial charge >= 0.3 is 5.97 Å². The molecular formula is C20H25FN2O3. The number of hydrogen-bond acceptors (Lipinski definition) is 5. The van der Waals surface area contributed by atoms with Crippen molar-refractivity contribution in [2.75, 3.05) is 13.2 Å². The fraction of sp³-hybridized carbons (Fsp3) is 0.500. The lowest BCUT2D eigenvalue weighted by atomic mass is 9.99. The molecule has 0 spiro atoms. The Hall–Kier alpha value is -2.21. The van der Waals surface area contributed by atoms with Crippen LogP contribution in [0, 0.1) is 12.7 Å². The molecule has 0 radical (unpaired) electrons. The summed E-state index contributed by atoms with van der Waals surface area (Å²) in [5, 5.41) is 0. The van der Waals surface area contributed by atoms with Gasteiger partial charge in [-0.1, -0.05) is 12.5 Å². The summed E-state index contributed by atoms with van der Waals surface area (Å²) in [6, 6.07) is 6.40. The van der Waals surface area contributed by atoms with E-state index in [0.29, 0.717) is 31.0 Å². The molecule has 0 N–H and O–H groups in total. The molecule has 0 amide bonds. The van der Waals surface area contributed by atoms with E-state index in [2.05, 4.69) is 9.88 Å². The third kappa shape index (κ3) is 4.49. The number of aromatic nitrogens is 1. The molecule has 1 aromatic carbocycles. The summed E-state index contributed by atoms with van der Waals surface area (Å²) in [5.41, 5.74) is 1.46. The fourth-order valence-electron chi connectivity index (χ4n) is 3.42. The van der Waals surface area contributed by atoms with Crippen molar-refractivity contribution in [2.24, 2.45) is 0 Å². The van der Waals surface area contributed by atoms with Gasteiger partial charge in [0.25, 0.3) is 0 Å². The van der Waals surface area contributed by atoms with Crippen molar-refractivity contribution in [3.63, 3.8) is 0 Å². The molecular weight excluding hydrogens is 335 g/mol. The third-order valence-electron chi connectivity index (χ3n) is 4.77. The minimum absolute atomic E-state index is 0.151. The van der Waals surface area contributed by atoms with Crippen LogP contribution in [0.1, 0.15) is 44.1 Å². The maximum Gasteiger partial charge on any atom is 0.307 e. The van der Waals surface area contributed by atoms with Crippen molar-refractivity contribution in [1.29, 1.82) is 0 Å². The molecule has 0 unspecified atom stereocenters. The van der Waals surface area contributed by atoms with E-state index in [1.165, 1.54) is 12.1 Å². The predicted molar refractivity (Wildman–Crippen MR) is 95.9 cm³/mol. The average Bonchev–Trinajstić information content (AvgIpc) is 2.98. The Morgan fingerprint density at radius 1 is 1.42 bits per heavy atom.